The second-order valence-electron chi connectivity index (χ2n) is 5.80. The van der Waals surface area contributed by atoms with Gasteiger partial charge in [0.25, 0.3) is 0 Å². The lowest BCUT2D eigenvalue weighted by Crippen LogP contribution is -2.28. The first-order valence-corrected chi connectivity index (χ1v) is 7.11. The molecule has 24 heavy (non-hydrogen) atoms. The number of halogens is 4. The van der Waals surface area contributed by atoms with Crippen molar-refractivity contribution in [2.45, 2.75) is 32.5 Å². The van der Waals surface area contributed by atoms with Crippen LogP contribution < -0.4 is 5.32 Å². The lowest BCUT2D eigenvalue weighted by Gasteiger charge is -2.20. The number of nitrogens with zero attached hydrogens (tertiary/aromatic N) is 3. The van der Waals surface area contributed by atoms with Crippen LogP contribution in [0, 0.1) is 0 Å². The Balaban J connectivity index is 2.42. The fourth-order valence-corrected chi connectivity index (χ4v) is 2.01. The molecule has 0 fully saturated rings. The van der Waals surface area contributed by atoms with E-state index in [1.54, 1.807) is 20.8 Å². The molecule has 1 amide bonds. The van der Waals surface area contributed by atoms with Crippen LogP contribution in [0.3, 0.4) is 0 Å². The molecular formula is C14H14ClF3N4O2. The van der Waals surface area contributed by atoms with Gasteiger partial charge >= 0.3 is 12.3 Å². The van der Waals surface area contributed by atoms with E-state index in [0.29, 0.717) is 4.68 Å². The lowest BCUT2D eigenvalue weighted by molar-refractivity contribution is -0.142. The molecule has 0 radical (unpaired) electrons. The molecule has 2 aromatic heterocycles. The van der Waals surface area contributed by atoms with Gasteiger partial charge in [0, 0.05) is 6.20 Å². The zero-order valence-electron chi connectivity index (χ0n) is 13.0. The fraction of sp³-hybridized carbons (Fsp3) is 0.357. The minimum Gasteiger partial charge on any atom is -0.444 e. The molecular weight excluding hydrogens is 349 g/mol. The van der Waals surface area contributed by atoms with Gasteiger partial charge in [0.1, 0.15) is 5.60 Å². The van der Waals surface area contributed by atoms with Crippen molar-refractivity contribution in [3.63, 3.8) is 0 Å². The zero-order valence-corrected chi connectivity index (χ0v) is 13.7. The summed E-state index contributed by atoms with van der Waals surface area (Å²) in [6, 6.07) is 1.27. The first-order valence-electron chi connectivity index (χ1n) is 6.73. The molecule has 10 heteroatoms. The molecule has 0 aromatic carbocycles. The highest BCUT2D eigenvalue weighted by Crippen LogP contribution is 2.36. The molecule has 2 rings (SSSR count). The van der Waals surface area contributed by atoms with E-state index in [1.807, 2.05) is 0 Å². The molecule has 0 bridgehead atoms. The molecule has 0 aliphatic rings. The quantitative estimate of drug-likeness (QED) is 0.865. The number of ether oxygens (including phenoxy) is 1. The first-order chi connectivity index (χ1) is 11.0. The maximum atomic E-state index is 13.4. The summed E-state index contributed by atoms with van der Waals surface area (Å²) in [5.41, 5.74) is -2.55. The number of hydrogen-bond donors (Lipinski definition) is 1. The van der Waals surface area contributed by atoms with Crippen LogP contribution in [-0.4, -0.2) is 26.5 Å². The normalized spacial score (nSPS) is 12.1. The van der Waals surface area contributed by atoms with Crippen molar-refractivity contribution in [3.8, 4) is 5.69 Å². The van der Waals surface area contributed by atoms with E-state index in [4.69, 9.17) is 16.3 Å². The Morgan fingerprint density at radius 1 is 1.25 bits per heavy atom. The summed E-state index contributed by atoms with van der Waals surface area (Å²) in [6.07, 6.45) is -2.46. The van der Waals surface area contributed by atoms with Gasteiger partial charge in [-0.05, 0) is 26.8 Å². The van der Waals surface area contributed by atoms with Crippen LogP contribution in [0.5, 0.6) is 0 Å². The van der Waals surface area contributed by atoms with E-state index in [2.05, 4.69) is 15.4 Å². The number of carbonyl (C=O) groups is 1. The van der Waals surface area contributed by atoms with Gasteiger partial charge in [-0.25, -0.2) is 9.48 Å². The molecule has 1 N–H and O–H groups in total. The van der Waals surface area contributed by atoms with E-state index in [-0.39, 0.29) is 10.7 Å². The Labute approximate surface area is 140 Å². The third kappa shape index (κ3) is 4.38. The largest absolute Gasteiger partial charge is 0.444 e. The molecule has 0 aliphatic carbocycles. The molecule has 6 nitrogen and oxygen atoms in total. The van der Waals surface area contributed by atoms with Gasteiger partial charge < -0.3 is 4.74 Å². The maximum Gasteiger partial charge on any atom is 0.435 e. The minimum atomic E-state index is -4.77. The molecule has 0 unspecified atom stereocenters. The number of pyridine rings is 1. The highest BCUT2D eigenvalue weighted by Gasteiger charge is 2.39. The summed E-state index contributed by atoms with van der Waals surface area (Å²) in [5, 5.41) is 5.88. The third-order valence-electron chi connectivity index (χ3n) is 2.61. The van der Waals surface area contributed by atoms with Gasteiger partial charge in [-0.1, -0.05) is 11.6 Å². The van der Waals surface area contributed by atoms with Crippen molar-refractivity contribution in [1.82, 2.24) is 14.8 Å². The minimum absolute atomic E-state index is 0.00654. The van der Waals surface area contributed by atoms with Crippen LogP contribution in [0.15, 0.2) is 24.7 Å². The van der Waals surface area contributed by atoms with Crippen molar-refractivity contribution in [2.24, 2.45) is 0 Å². The van der Waals surface area contributed by atoms with Crippen LogP contribution in [0.1, 0.15) is 26.5 Å². The number of carbonyl (C=O) groups excluding carboxylic acids is 1. The van der Waals surface area contributed by atoms with Crippen molar-refractivity contribution < 1.29 is 22.7 Å². The van der Waals surface area contributed by atoms with E-state index in [9.17, 15) is 18.0 Å². The highest BCUT2D eigenvalue weighted by atomic mass is 35.5. The summed E-state index contributed by atoms with van der Waals surface area (Å²) in [4.78, 5) is 15.5. The van der Waals surface area contributed by atoms with Crippen molar-refractivity contribution in [3.05, 3.63) is 35.4 Å². The Bertz CT molecular complexity index is 753. The molecule has 130 valence electrons. The lowest BCUT2D eigenvalue weighted by atomic mass is 10.2. The van der Waals surface area contributed by atoms with Crippen LogP contribution in [0.2, 0.25) is 5.02 Å². The van der Waals surface area contributed by atoms with E-state index in [1.165, 1.54) is 18.5 Å². The molecule has 0 atom stereocenters. The summed E-state index contributed by atoms with van der Waals surface area (Å²) in [5.74, 6) is 0. The maximum absolute atomic E-state index is 13.4. The molecule has 0 saturated carbocycles. The number of alkyl halides is 3. The molecule has 0 spiro atoms. The summed E-state index contributed by atoms with van der Waals surface area (Å²) >= 11 is 5.75. The van der Waals surface area contributed by atoms with Crippen molar-refractivity contribution in [2.75, 3.05) is 5.32 Å². The van der Waals surface area contributed by atoms with Gasteiger partial charge in [-0.15, -0.1) is 0 Å². The summed E-state index contributed by atoms with van der Waals surface area (Å²) < 4.78 is 45.8. The Kier molecular flexibility index (Phi) is 4.75. The number of anilines is 1. The average Bonchev–Trinajstić information content (AvgIpc) is 2.79. The molecule has 0 saturated heterocycles. The van der Waals surface area contributed by atoms with Crippen LogP contribution in [-0.2, 0) is 10.9 Å². The predicted molar refractivity (Wildman–Crippen MR) is 81.2 cm³/mol. The van der Waals surface area contributed by atoms with Gasteiger partial charge in [0.2, 0.25) is 0 Å². The highest BCUT2D eigenvalue weighted by molar-refractivity contribution is 6.30. The Morgan fingerprint density at radius 3 is 2.46 bits per heavy atom. The topological polar surface area (TPSA) is 69.0 Å². The Hall–Kier alpha value is -2.29. The van der Waals surface area contributed by atoms with Gasteiger partial charge in [-0.2, -0.15) is 18.3 Å². The van der Waals surface area contributed by atoms with Gasteiger partial charge in [-0.3, -0.25) is 10.3 Å². The number of amides is 1. The first kappa shape index (κ1) is 18.1. The predicted octanol–water partition coefficient (Wildman–Crippen LogP) is 4.29. The van der Waals surface area contributed by atoms with Crippen LogP contribution >= 0.6 is 11.6 Å². The standard InChI is InChI=1S/C14H14ClF3N4O2/c1-13(2,3)24-12(23)21-10-7-20-22(11(10)14(16,17)18)9-4-8(15)5-19-6-9/h4-7H,1-3H3,(H,21,23). The molecule has 2 heterocycles. The number of nitrogens with one attached hydrogen (secondary N) is 1. The van der Waals surface area contributed by atoms with Crippen molar-refractivity contribution in [1.29, 1.82) is 0 Å². The second-order valence-corrected chi connectivity index (χ2v) is 6.24. The van der Waals surface area contributed by atoms with E-state index >= 15 is 0 Å². The average molecular weight is 363 g/mol. The molecule has 2 aromatic rings. The number of hydrogen-bond acceptors (Lipinski definition) is 4. The monoisotopic (exact) mass is 362 g/mol. The van der Waals surface area contributed by atoms with E-state index in [0.717, 1.165) is 6.20 Å². The summed E-state index contributed by atoms with van der Waals surface area (Å²) in [6.45, 7) is 4.79. The fourth-order valence-electron chi connectivity index (χ4n) is 1.84. The SMILES string of the molecule is CC(C)(C)OC(=O)Nc1cnn(-c2cncc(Cl)c2)c1C(F)(F)F. The summed E-state index contributed by atoms with van der Waals surface area (Å²) in [7, 11) is 0. The van der Waals surface area contributed by atoms with Gasteiger partial charge in [0.05, 0.1) is 28.8 Å². The number of rotatable bonds is 2. The van der Waals surface area contributed by atoms with E-state index < -0.39 is 29.3 Å². The van der Waals surface area contributed by atoms with Crippen LogP contribution in [0.25, 0.3) is 5.69 Å². The molecule has 0 aliphatic heterocycles. The van der Waals surface area contributed by atoms with Gasteiger partial charge in [0.15, 0.2) is 5.69 Å². The second kappa shape index (κ2) is 6.31. The van der Waals surface area contributed by atoms with Crippen molar-refractivity contribution >= 4 is 23.4 Å². The number of aromatic nitrogens is 3. The van der Waals surface area contributed by atoms with Crippen LogP contribution in [0.4, 0.5) is 23.7 Å². The Morgan fingerprint density at radius 2 is 1.92 bits per heavy atom. The zero-order chi connectivity index (χ0) is 18.1. The smallest absolute Gasteiger partial charge is 0.435 e. The third-order valence-corrected chi connectivity index (χ3v) is 2.82.